The summed E-state index contributed by atoms with van der Waals surface area (Å²) in [6, 6.07) is 0.642. The first kappa shape index (κ1) is 15.2. The predicted molar refractivity (Wildman–Crippen MR) is 77.8 cm³/mol. The van der Waals surface area contributed by atoms with Gasteiger partial charge < -0.3 is 9.88 Å². The lowest BCUT2D eigenvalue weighted by Gasteiger charge is -2.15. The summed E-state index contributed by atoms with van der Waals surface area (Å²) in [4.78, 5) is 4.38. The number of rotatable bonds is 10. The van der Waals surface area contributed by atoms with Crippen molar-refractivity contribution in [2.24, 2.45) is 7.05 Å². The Morgan fingerprint density at radius 2 is 2.00 bits per heavy atom. The Kier molecular flexibility index (Phi) is 7.74. The molecule has 0 aliphatic carbocycles. The lowest BCUT2D eigenvalue weighted by atomic mass is 10.0. The minimum Gasteiger partial charge on any atom is -0.338 e. The first-order valence-electron chi connectivity index (χ1n) is 7.41. The van der Waals surface area contributed by atoms with E-state index in [9.17, 15) is 0 Å². The molecule has 0 spiro atoms. The molecule has 1 unspecified atom stereocenters. The molecule has 1 aromatic rings. The number of imidazole rings is 1. The quantitative estimate of drug-likeness (QED) is 0.647. The first-order valence-corrected chi connectivity index (χ1v) is 7.41. The summed E-state index contributed by atoms with van der Waals surface area (Å²) in [7, 11) is 4.15. The summed E-state index contributed by atoms with van der Waals surface area (Å²) in [6.07, 6.45) is 14.3. The molecule has 18 heavy (non-hydrogen) atoms. The van der Waals surface area contributed by atoms with Gasteiger partial charge in [-0.25, -0.2) is 4.98 Å². The number of nitrogens with one attached hydrogen (secondary N) is 1. The van der Waals surface area contributed by atoms with Crippen molar-refractivity contribution in [1.29, 1.82) is 0 Å². The van der Waals surface area contributed by atoms with Crippen LogP contribution in [0.15, 0.2) is 12.4 Å². The molecule has 0 fully saturated rings. The Morgan fingerprint density at radius 3 is 2.61 bits per heavy atom. The van der Waals surface area contributed by atoms with Gasteiger partial charge in [-0.15, -0.1) is 0 Å². The van der Waals surface area contributed by atoms with Gasteiger partial charge in [0.25, 0.3) is 0 Å². The van der Waals surface area contributed by atoms with Crippen molar-refractivity contribution in [2.45, 2.75) is 64.3 Å². The van der Waals surface area contributed by atoms with Crippen molar-refractivity contribution in [3.8, 4) is 0 Å². The maximum absolute atomic E-state index is 4.38. The predicted octanol–water partition coefficient (Wildman–Crippen LogP) is 3.30. The molecule has 1 heterocycles. The first-order chi connectivity index (χ1) is 8.77. The third-order valence-corrected chi connectivity index (χ3v) is 3.70. The van der Waals surface area contributed by atoms with Gasteiger partial charge in [0.05, 0.1) is 0 Å². The molecule has 3 nitrogen and oxygen atoms in total. The second-order valence-electron chi connectivity index (χ2n) is 5.18. The van der Waals surface area contributed by atoms with Gasteiger partial charge in [-0.2, -0.15) is 0 Å². The third kappa shape index (κ3) is 5.67. The van der Waals surface area contributed by atoms with Gasteiger partial charge in [0.15, 0.2) is 0 Å². The lowest BCUT2D eigenvalue weighted by Crippen LogP contribution is -2.26. The van der Waals surface area contributed by atoms with E-state index < -0.39 is 0 Å². The molecule has 1 atom stereocenters. The highest BCUT2D eigenvalue weighted by Crippen LogP contribution is 2.11. The average molecular weight is 251 g/mol. The van der Waals surface area contributed by atoms with E-state index in [-0.39, 0.29) is 0 Å². The Morgan fingerprint density at radius 1 is 1.22 bits per heavy atom. The van der Waals surface area contributed by atoms with E-state index in [4.69, 9.17) is 0 Å². The zero-order valence-electron chi connectivity index (χ0n) is 12.3. The maximum Gasteiger partial charge on any atom is 0.108 e. The van der Waals surface area contributed by atoms with E-state index in [1.54, 1.807) is 0 Å². The van der Waals surface area contributed by atoms with Crippen LogP contribution < -0.4 is 5.32 Å². The Hall–Kier alpha value is -0.830. The molecule has 1 rings (SSSR count). The summed E-state index contributed by atoms with van der Waals surface area (Å²) < 4.78 is 2.12. The van der Waals surface area contributed by atoms with E-state index in [0.29, 0.717) is 6.04 Å². The van der Waals surface area contributed by atoms with Gasteiger partial charge in [-0.05, 0) is 19.9 Å². The molecule has 3 heteroatoms. The van der Waals surface area contributed by atoms with Gasteiger partial charge in [0.1, 0.15) is 5.82 Å². The van der Waals surface area contributed by atoms with Crippen LogP contribution in [0.1, 0.15) is 57.7 Å². The van der Waals surface area contributed by atoms with Gasteiger partial charge >= 0.3 is 0 Å². The molecule has 0 amide bonds. The van der Waals surface area contributed by atoms with Crippen LogP contribution in [0.4, 0.5) is 0 Å². The number of unbranched alkanes of at least 4 members (excludes halogenated alkanes) is 4. The van der Waals surface area contributed by atoms with Gasteiger partial charge in [0, 0.05) is 31.9 Å². The summed E-state index contributed by atoms with van der Waals surface area (Å²) >= 11 is 0. The standard InChI is InChI=1S/C15H29N3/c1-4-5-6-7-8-9-14(16-2)10-11-15-17-12-13-18(15)3/h12-14,16H,4-11H2,1-3H3. The summed E-state index contributed by atoms with van der Waals surface area (Å²) in [5, 5.41) is 3.44. The van der Waals surface area contributed by atoms with Crippen molar-refractivity contribution in [2.75, 3.05) is 7.05 Å². The van der Waals surface area contributed by atoms with Gasteiger partial charge in [0.2, 0.25) is 0 Å². The van der Waals surface area contributed by atoms with Crippen LogP contribution >= 0.6 is 0 Å². The minimum absolute atomic E-state index is 0.642. The summed E-state index contributed by atoms with van der Waals surface area (Å²) in [5.41, 5.74) is 0. The van der Waals surface area contributed by atoms with E-state index in [1.807, 2.05) is 12.4 Å². The van der Waals surface area contributed by atoms with Crippen molar-refractivity contribution in [3.05, 3.63) is 18.2 Å². The number of aryl methyl sites for hydroxylation is 2. The van der Waals surface area contributed by atoms with Crippen LogP contribution in [0.25, 0.3) is 0 Å². The number of hydrogen-bond donors (Lipinski definition) is 1. The Balaban J connectivity index is 2.15. The monoisotopic (exact) mass is 251 g/mol. The van der Waals surface area contributed by atoms with E-state index in [2.05, 4.69) is 35.9 Å². The molecular weight excluding hydrogens is 222 g/mol. The molecule has 0 aromatic carbocycles. The van der Waals surface area contributed by atoms with Crippen LogP contribution in [0, 0.1) is 0 Å². The Bertz CT molecular complexity index is 306. The highest BCUT2D eigenvalue weighted by Gasteiger charge is 2.08. The fourth-order valence-electron chi connectivity index (χ4n) is 2.37. The molecule has 0 bridgehead atoms. The molecule has 0 aliphatic rings. The Labute approximate surface area is 112 Å². The average Bonchev–Trinajstić information content (AvgIpc) is 2.78. The maximum atomic E-state index is 4.38. The van der Waals surface area contributed by atoms with E-state index in [1.165, 1.54) is 50.8 Å². The number of hydrogen-bond acceptors (Lipinski definition) is 2. The van der Waals surface area contributed by atoms with Crippen LogP contribution in [-0.4, -0.2) is 22.6 Å². The van der Waals surface area contributed by atoms with Crippen LogP contribution in [-0.2, 0) is 13.5 Å². The summed E-state index contributed by atoms with van der Waals surface area (Å²) in [6.45, 7) is 2.27. The minimum atomic E-state index is 0.642. The SMILES string of the molecule is CCCCCCCC(CCc1nccn1C)NC. The fourth-order valence-corrected chi connectivity index (χ4v) is 2.37. The molecule has 1 aromatic heterocycles. The normalized spacial score (nSPS) is 12.8. The second kappa shape index (κ2) is 9.15. The largest absolute Gasteiger partial charge is 0.338 e. The van der Waals surface area contributed by atoms with Crippen LogP contribution in [0.5, 0.6) is 0 Å². The summed E-state index contributed by atoms with van der Waals surface area (Å²) in [5.74, 6) is 1.20. The second-order valence-corrected chi connectivity index (χ2v) is 5.18. The lowest BCUT2D eigenvalue weighted by molar-refractivity contribution is 0.454. The van der Waals surface area contributed by atoms with E-state index >= 15 is 0 Å². The zero-order chi connectivity index (χ0) is 13.2. The highest BCUT2D eigenvalue weighted by atomic mass is 15.0. The third-order valence-electron chi connectivity index (χ3n) is 3.70. The smallest absolute Gasteiger partial charge is 0.108 e. The molecular formula is C15H29N3. The molecule has 0 saturated carbocycles. The van der Waals surface area contributed by atoms with Crippen molar-refractivity contribution in [1.82, 2.24) is 14.9 Å². The number of aromatic nitrogens is 2. The molecule has 104 valence electrons. The van der Waals surface area contributed by atoms with Crippen molar-refractivity contribution >= 4 is 0 Å². The topological polar surface area (TPSA) is 29.9 Å². The zero-order valence-corrected chi connectivity index (χ0v) is 12.3. The van der Waals surface area contributed by atoms with Crippen molar-refractivity contribution in [3.63, 3.8) is 0 Å². The molecule has 0 radical (unpaired) electrons. The molecule has 0 aliphatic heterocycles. The molecule has 1 N–H and O–H groups in total. The van der Waals surface area contributed by atoms with Gasteiger partial charge in [-0.3, -0.25) is 0 Å². The van der Waals surface area contributed by atoms with Crippen molar-refractivity contribution < 1.29 is 0 Å². The van der Waals surface area contributed by atoms with Crippen LogP contribution in [0.2, 0.25) is 0 Å². The highest BCUT2D eigenvalue weighted by molar-refractivity contribution is 4.91. The molecule has 0 saturated heterocycles. The fraction of sp³-hybridized carbons (Fsp3) is 0.800. The van der Waals surface area contributed by atoms with E-state index in [0.717, 1.165) is 6.42 Å². The number of nitrogens with zero attached hydrogens (tertiary/aromatic N) is 2. The van der Waals surface area contributed by atoms with Gasteiger partial charge in [-0.1, -0.05) is 39.0 Å². The van der Waals surface area contributed by atoms with Crippen LogP contribution in [0.3, 0.4) is 0 Å².